The Morgan fingerprint density at radius 2 is 2.03 bits per heavy atom. The minimum atomic E-state index is -0.394. The molecular formula is C21H22N2O4S2. The first kappa shape index (κ1) is 20.0. The highest BCUT2D eigenvalue weighted by atomic mass is 32.2. The number of carbonyl (C=O) groups is 3. The Kier molecular flexibility index (Phi) is 5.91. The van der Waals surface area contributed by atoms with Gasteiger partial charge in [-0.15, -0.1) is 23.1 Å². The van der Waals surface area contributed by atoms with Gasteiger partial charge in [0.2, 0.25) is 11.8 Å². The number of esters is 1. The molecule has 2 aromatic rings. The largest absolute Gasteiger partial charge is 0.462 e. The van der Waals surface area contributed by atoms with E-state index in [4.69, 9.17) is 4.74 Å². The Bertz CT molecular complexity index is 970. The monoisotopic (exact) mass is 430 g/mol. The first-order chi connectivity index (χ1) is 14.1. The van der Waals surface area contributed by atoms with Crippen LogP contribution in [-0.2, 0) is 27.2 Å². The number of hydrogen-bond acceptors (Lipinski definition) is 6. The lowest BCUT2D eigenvalue weighted by Gasteiger charge is -2.22. The van der Waals surface area contributed by atoms with Crippen LogP contribution in [0.1, 0.15) is 40.6 Å². The molecule has 1 aromatic heterocycles. The third-order valence-electron chi connectivity index (χ3n) is 4.99. The quantitative estimate of drug-likeness (QED) is 0.729. The lowest BCUT2D eigenvalue weighted by Crippen LogP contribution is -2.38. The maximum atomic E-state index is 12.9. The van der Waals surface area contributed by atoms with Crippen LogP contribution in [0.15, 0.2) is 29.2 Å². The van der Waals surface area contributed by atoms with Gasteiger partial charge in [0.05, 0.1) is 17.9 Å². The molecule has 4 rings (SSSR count). The fraction of sp³-hybridized carbons (Fsp3) is 0.381. The standard InChI is InChI=1S/C21H22N2O4S2/c1-2-27-21(26)19-13-6-5-9-15(13)29-20(19)22-17(24)12-23-14-7-3-4-8-16(14)28-11-10-18(23)25/h3-4,7-8H,2,5-6,9-12H2,1H3,(H,22,24). The molecule has 1 aliphatic carbocycles. The Balaban J connectivity index is 1.56. The average molecular weight is 431 g/mol. The van der Waals surface area contributed by atoms with Gasteiger partial charge in [0.1, 0.15) is 11.5 Å². The third kappa shape index (κ3) is 4.04. The Hall–Kier alpha value is -2.32. The van der Waals surface area contributed by atoms with Crippen LogP contribution in [-0.4, -0.2) is 36.7 Å². The average Bonchev–Trinajstić information content (AvgIpc) is 3.23. The minimum absolute atomic E-state index is 0.0723. The number of benzene rings is 1. The van der Waals surface area contributed by atoms with Crippen LogP contribution in [0.4, 0.5) is 10.7 Å². The normalized spacial score (nSPS) is 15.5. The van der Waals surface area contributed by atoms with Crippen molar-refractivity contribution < 1.29 is 19.1 Å². The van der Waals surface area contributed by atoms with Gasteiger partial charge >= 0.3 is 5.97 Å². The molecule has 1 aliphatic heterocycles. The predicted octanol–water partition coefficient (Wildman–Crippen LogP) is 3.88. The summed E-state index contributed by atoms with van der Waals surface area (Å²) in [6.07, 6.45) is 3.13. The number of carbonyl (C=O) groups excluding carboxylic acids is 3. The van der Waals surface area contributed by atoms with E-state index in [0.717, 1.165) is 40.3 Å². The molecule has 8 heteroatoms. The molecule has 0 saturated carbocycles. The second-order valence-corrected chi connectivity index (χ2v) is 9.12. The molecule has 2 aliphatic rings. The van der Waals surface area contributed by atoms with Gasteiger partial charge in [0.15, 0.2) is 0 Å². The molecule has 0 saturated heterocycles. The molecule has 0 atom stereocenters. The maximum Gasteiger partial charge on any atom is 0.341 e. The van der Waals surface area contributed by atoms with E-state index in [-0.39, 0.29) is 25.0 Å². The lowest BCUT2D eigenvalue weighted by atomic mass is 10.1. The van der Waals surface area contributed by atoms with Crippen molar-refractivity contribution in [2.24, 2.45) is 0 Å². The van der Waals surface area contributed by atoms with E-state index in [1.165, 1.54) is 16.2 Å². The number of rotatable bonds is 5. The van der Waals surface area contributed by atoms with Gasteiger partial charge < -0.3 is 15.0 Å². The number of hydrogen-bond donors (Lipinski definition) is 1. The molecule has 6 nitrogen and oxygen atoms in total. The molecule has 0 bridgehead atoms. The van der Waals surface area contributed by atoms with Crippen molar-refractivity contribution in [3.8, 4) is 0 Å². The van der Waals surface area contributed by atoms with Gasteiger partial charge in [-0.25, -0.2) is 4.79 Å². The van der Waals surface area contributed by atoms with Gasteiger partial charge in [0.25, 0.3) is 0 Å². The zero-order chi connectivity index (χ0) is 20.4. The summed E-state index contributed by atoms with van der Waals surface area (Å²) in [6, 6.07) is 7.62. The van der Waals surface area contributed by atoms with Gasteiger partial charge in [0, 0.05) is 21.9 Å². The van der Waals surface area contributed by atoms with Gasteiger partial charge in [-0.1, -0.05) is 12.1 Å². The van der Waals surface area contributed by atoms with Crippen LogP contribution in [0.2, 0.25) is 0 Å². The van der Waals surface area contributed by atoms with Crippen LogP contribution in [0.5, 0.6) is 0 Å². The Morgan fingerprint density at radius 1 is 1.21 bits per heavy atom. The van der Waals surface area contributed by atoms with Crippen molar-refractivity contribution in [3.05, 3.63) is 40.3 Å². The van der Waals surface area contributed by atoms with E-state index in [9.17, 15) is 14.4 Å². The maximum absolute atomic E-state index is 12.9. The molecule has 0 radical (unpaired) electrons. The van der Waals surface area contributed by atoms with E-state index >= 15 is 0 Å². The highest BCUT2D eigenvalue weighted by Gasteiger charge is 2.30. The number of fused-ring (bicyclic) bond motifs is 2. The molecular weight excluding hydrogens is 408 g/mol. The second-order valence-electron chi connectivity index (χ2n) is 6.88. The van der Waals surface area contributed by atoms with Crippen molar-refractivity contribution in [2.45, 2.75) is 37.5 Å². The summed E-state index contributed by atoms with van der Waals surface area (Å²) in [7, 11) is 0. The van der Waals surface area contributed by atoms with Crippen LogP contribution in [0.3, 0.4) is 0 Å². The number of nitrogens with one attached hydrogen (secondary N) is 1. The van der Waals surface area contributed by atoms with E-state index in [2.05, 4.69) is 5.32 Å². The highest BCUT2D eigenvalue weighted by Crippen LogP contribution is 2.40. The van der Waals surface area contributed by atoms with Gasteiger partial charge in [-0.2, -0.15) is 0 Å². The number of thiophene rings is 1. The number of anilines is 2. The predicted molar refractivity (Wildman–Crippen MR) is 115 cm³/mol. The topological polar surface area (TPSA) is 75.7 Å². The fourth-order valence-corrected chi connectivity index (χ4v) is 6.01. The fourth-order valence-electron chi connectivity index (χ4n) is 3.71. The molecule has 2 amide bonds. The number of thioether (sulfide) groups is 1. The summed E-state index contributed by atoms with van der Waals surface area (Å²) < 4.78 is 5.21. The molecule has 152 valence electrons. The highest BCUT2D eigenvalue weighted by molar-refractivity contribution is 7.99. The van der Waals surface area contributed by atoms with E-state index in [0.29, 0.717) is 22.7 Å². The van der Waals surface area contributed by atoms with Crippen molar-refractivity contribution in [1.29, 1.82) is 0 Å². The molecule has 29 heavy (non-hydrogen) atoms. The SMILES string of the molecule is CCOC(=O)c1c(NC(=O)CN2C(=O)CCSc3ccccc32)sc2c1CCC2. The van der Waals surface area contributed by atoms with Crippen molar-refractivity contribution >= 4 is 51.6 Å². The summed E-state index contributed by atoms with van der Waals surface area (Å²) in [6.45, 7) is 1.97. The van der Waals surface area contributed by atoms with Crippen molar-refractivity contribution in [3.63, 3.8) is 0 Å². The van der Waals surface area contributed by atoms with Gasteiger partial charge in [-0.3, -0.25) is 9.59 Å². The van der Waals surface area contributed by atoms with E-state index in [1.54, 1.807) is 18.7 Å². The first-order valence-electron chi connectivity index (χ1n) is 9.72. The van der Waals surface area contributed by atoms with E-state index in [1.807, 2.05) is 24.3 Å². The summed E-state index contributed by atoms with van der Waals surface area (Å²) >= 11 is 3.07. The first-order valence-corrected chi connectivity index (χ1v) is 11.5. The van der Waals surface area contributed by atoms with Crippen LogP contribution in [0.25, 0.3) is 0 Å². The molecule has 0 unspecified atom stereocenters. The molecule has 1 N–H and O–H groups in total. The van der Waals surface area contributed by atoms with Crippen molar-refractivity contribution in [2.75, 3.05) is 29.1 Å². The summed E-state index contributed by atoms with van der Waals surface area (Å²) in [5.74, 6) is -0.0873. The summed E-state index contributed by atoms with van der Waals surface area (Å²) in [5, 5.41) is 3.41. The molecule has 0 fully saturated rings. The third-order valence-corrected chi connectivity index (χ3v) is 7.26. The Labute approximate surface area is 177 Å². The number of amides is 2. The molecule has 1 aromatic carbocycles. The molecule has 0 spiro atoms. The zero-order valence-corrected chi connectivity index (χ0v) is 17.8. The number of nitrogens with zero attached hydrogens (tertiary/aromatic N) is 1. The van der Waals surface area contributed by atoms with E-state index < -0.39 is 5.97 Å². The summed E-state index contributed by atoms with van der Waals surface area (Å²) in [4.78, 5) is 41.6. The van der Waals surface area contributed by atoms with Gasteiger partial charge in [-0.05, 0) is 43.9 Å². The Morgan fingerprint density at radius 3 is 2.86 bits per heavy atom. The minimum Gasteiger partial charge on any atom is -0.462 e. The second kappa shape index (κ2) is 8.59. The number of aryl methyl sites for hydroxylation is 1. The van der Waals surface area contributed by atoms with Crippen molar-refractivity contribution in [1.82, 2.24) is 0 Å². The number of para-hydroxylation sites is 1. The smallest absolute Gasteiger partial charge is 0.341 e. The molecule has 2 heterocycles. The lowest BCUT2D eigenvalue weighted by molar-refractivity contribution is -0.121. The summed E-state index contributed by atoms with van der Waals surface area (Å²) in [5.41, 5.74) is 2.24. The van der Waals surface area contributed by atoms with Crippen LogP contribution >= 0.6 is 23.1 Å². The number of ether oxygens (including phenoxy) is 1. The zero-order valence-electron chi connectivity index (χ0n) is 16.2. The van der Waals surface area contributed by atoms with Crippen LogP contribution < -0.4 is 10.2 Å². The van der Waals surface area contributed by atoms with Crippen LogP contribution in [0, 0.1) is 0 Å².